The maximum Gasteiger partial charge on any atom is 0.295 e. The molecule has 0 atom stereocenters. The molecule has 2 aromatic rings. The van der Waals surface area contributed by atoms with Crippen molar-refractivity contribution in [2.24, 2.45) is 0 Å². The number of carbonyl (C=O) groups excluding carboxylic acids is 2. The molecule has 1 aliphatic heterocycles. The van der Waals surface area contributed by atoms with E-state index < -0.39 is 17.0 Å². The van der Waals surface area contributed by atoms with Crippen LogP contribution in [0.3, 0.4) is 0 Å². The van der Waals surface area contributed by atoms with Crippen LogP contribution in [0.5, 0.6) is 11.5 Å². The van der Waals surface area contributed by atoms with Gasteiger partial charge in [-0.25, -0.2) is 4.39 Å². The van der Waals surface area contributed by atoms with Crippen LogP contribution in [-0.2, 0) is 4.79 Å². The van der Waals surface area contributed by atoms with E-state index in [-0.39, 0.29) is 17.3 Å². The van der Waals surface area contributed by atoms with Gasteiger partial charge in [0.15, 0.2) is 11.5 Å². The molecule has 152 valence electrons. The van der Waals surface area contributed by atoms with Crippen LogP contribution >= 0.6 is 11.8 Å². The molecular formula is C21H21FN2O4S. The highest BCUT2D eigenvalue weighted by Crippen LogP contribution is 2.34. The fourth-order valence-corrected chi connectivity index (χ4v) is 3.55. The summed E-state index contributed by atoms with van der Waals surface area (Å²) in [5, 5.41) is 2.36. The molecule has 0 radical (unpaired) electrons. The molecule has 0 spiro atoms. The summed E-state index contributed by atoms with van der Waals surface area (Å²) in [5.74, 6) is 0.306. The molecule has 1 aliphatic rings. The fourth-order valence-electron chi connectivity index (χ4n) is 2.71. The highest BCUT2D eigenvalue weighted by atomic mass is 32.2. The molecule has 3 rings (SSSR count). The summed E-state index contributed by atoms with van der Waals surface area (Å²) in [7, 11) is 0. The van der Waals surface area contributed by atoms with E-state index in [1.165, 1.54) is 6.07 Å². The lowest BCUT2D eigenvalue weighted by molar-refractivity contribution is -0.122. The second-order valence-corrected chi connectivity index (χ2v) is 6.99. The summed E-state index contributed by atoms with van der Waals surface area (Å²) >= 11 is 0.842. The number of carbonyl (C=O) groups is 2. The van der Waals surface area contributed by atoms with Gasteiger partial charge in [0.05, 0.1) is 30.5 Å². The SMILES string of the molecule is CCOc1ccc(/C=C2\SC(=O)N(CNc3ccccc3F)C2=O)cc1OCC. The van der Waals surface area contributed by atoms with Gasteiger partial charge in [-0.3, -0.25) is 14.5 Å². The monoisotopic (exact) mass is 416 g/mol. The Hall–Kier alpha value is -3.00. The number of halogens is 1. The van der Waals surface area contributed by atoms with Crippen LogP contribution in [-0.4, -0.2) is 35.9 Å². The average Bonchev–Trinajstić information content (AvgIpc) is 2.96. The predicted octanol–water partition coefficient (Wildman–Crippen LogP) is 4.73. The molecule has 2 aromatic carbocycles. The third kappa shape index (κ3) is 4.89. The first kappa shape index (κ1) is 20.7. The zero-order valence-corrected chi connectivity index (χ0v) is 16.9. The molecule has 0 aromatic heterocycles. The van der Waals surface area contributed by atoms with Crippen molar-refractivity contribution in [3.8, 4) is 11.5 Å². The predicted molar refractivity (Wildman–Crippen MR) is 111 cm³/mol. The van der Waals surface area contributed by atoms with Crippen LogP contribution in [0.15, 0.2) is 47.4 Å². The van der Waals surface area contributed by atoms with Gasteiger partial charge in [0, 0.05) is 0 Å². The molecule has 0 unspecified atom stereocenters. The zero-order chi connectivity index (χ0) is 20.8. The first-order valence-corrected chi connectivity index (χ1v) is 9.98. The number of amides is 2. The average molecular weight is 416 g/mol. The normalized spacial score (nSPS) is 15.1. The number of hydrogen-bond donors (Lipinski definition) is 1. The summed E-state index contributed by atoms with van der Waals surface area (Å²) in [5.41, 5.74) is 0.938. The van der Waals surface area contributed by atoms with Crippen LogP contribution in [0, 0.1) is 5.82 Å². The molecular weight excluding hydrogens is 395 g/mol. The van der Waals surface area contributed by atoms with Gasteiger partial charge >= 0.3 is 0 Å². The minimum Gasteiger partial charge on any atom is -0.490 e. The molecule has 1 N–H and O–H groups in total. The van der Waals surface area contributed by atoms with Crippen molar-refractivity contribution in [1.29, 1.82) is 0 Å². The van der Waals surface area contributed by atoms with Gasteiger partial charge in [-0.05, 0) is 61.5 Å². The quantitative estimate of drug-likeness (QED) is 0.628. The number of para-hydroxylation sites is 1. The maximum absolute atomic E-state index is 13.7. The molecule has 1 fully saturated rings. The number of rotatable bonds is 8. The molecule has 1 saturated heterocycles. The van der Waals surface area contributed by atoms with Crippen molar-refractivity contribution in [3.63, 3.8) is 0 Å². The van der Waals surface area contributed by atoms with Gasteiger partial charge in [0.25, 0.3) is 11.1 Å². The highest BCUT2D eigenvalue weighted by Gasteiger charge is 2.35. The Kier molecular flexibility index (Phi) is 6.77. The summed E-state index contributed by atoms with van der Waals surface area (Å²) in [6.45, 7) is 4.62. The van der Waals surface area contributed by atoms with E-state index in [0.717, 1.165) is 16.7 Å². The van der Waals surface area contributed by atoms with Crippen molar-refractivity contribution < 1.29 is 23.5 Å². The van der Waals surface area contributed by atoms with Crippen molar-refractivity contribution in [2.75, 3.05) is 25.2 Å². The molecule has 2 amide bonds. The molecule has 6 nitrogen and oxygen atoms in total. The van der Waals surface area contributed by atoms with E-state index in [4.69, 9.17) is 9.47 Å². The third-order valence-corrected chi connectivity index (χ3v) is 4.95. The Balaban J connectivity index is 1.75. The molecule has 0 saturated carbocycles. The fraction of sp³-hybridized carbons (Fsp3) is 0.238. The van der Waals surface area contributed by atoms with E-state index >= 15 is 0 Å². The van der Waals surface area contributed by atoms with Gasteiger partial charge in [-0.15, -0.1) is 0 Å². The Bertz CT molecular complexity index is 948. The lowest BCUT2D eigenvalue weighted by Gasteiger charge is -2.14. The topological polar surface area (TPSA) is 67.9 Å². The van der Waals surface area contributed by atoms with E-state index in [0.29, 0.717) is 30.3 Å². The van der Waals surface area contributed by atoms with Gasteiger partial charge < -0.3 is 14.8 Å². The standard InChI is InChI=1S/C21H21FN2O4S/c1-3-27-17-10-9-14(11-18(17)28-4-2)12-19-20(25)24(21(26)29-19)13-23-16-8-6-5-7-15(16)22/h5-12,23H,3-4,13H2,1-2H3/b19-12-. The van der Waals surface area contributed by atoms with E-state index in [1.807, 2.05) is 13.8 Å². The number of nitrogens with zero attached hydrogens (tertiary/aromatic N) is 1. The largest absolute Gasteiger partial charge is 0.490 e. The zero-order valence-electron chi connectivity index (χ0n) is 16.1. The lowest BCUT2D eigenvalue weighted by Crippen LogP contribution is -2.33. The Morgan fingerprint density at radius 1 is 1.07 bits per heavy atom. The van der Waals surface area contributed by atoms with E-state index in [9.17, 15) is 14.0 Å². The van der Waals surface area contributed by atoms with Crippen LogP contribution in [0.2, 0.25) is 0 Å². The van der Waals surface area contributed by atoms with E-state index in [1.54, 1.807) is 42.5 Å². The first-order chi connectivity index (χ1) is 14.0. The van der Waals surface area contributed by atoms with Gasteiger partial charge in [0.2, 0.25) is 0 Å². The van der Waals surface area contributed by atoms with E-state index in [2.05, 4.69) is 5.32 Å². The number of benzene rings is 2. The smallest absolute Gasteiger partial charge is 0.295 e. The minimum atomic E-state index is -0.451. The number of hydrogen-bond acceptors (Lipinski definition) is 6. The van der Waals surface area contributed by atoms with Crippen molar-refractivity contribution in [1.82, 2.24) is 4.90 Å². The molecule has 1 heterocycles. The van der Waals surface area contributed by atoms with Gasteiger partial charge in [-0.1, -0.05) is 18.2 Å². The van der Waals surface area contributed by atoms with Gasteiger partial charge in [0.1, 0.15) is 5.82 Å². The molecule has 29 heavy (non-hydrogen) atoms. The number of anilines is 1. The first-order valence-electron chi connectivity index (χ1n) is 9.17. The number of nitrogens with one attached hydrogen (secondary N) is 1. The number of ether oxygens (including phenoxy) is 2. The van der Waals surface area contributed by atoms with Crippen molar-refractivity contribution in [3.05, 3.63) is 58.8 Å². The lowest BCUT2D eigenvalue weighted by atomic mass is 10.2. The third-order valence-electron chi connectivity index (χ3n) is 4.04. The van der Waals surface area contributed by atoms with Gasteiger partial charge in [-0.2, -0.15) is 0 Å². The maximum atomic E-state index is 13.7. The Morgan fingerprint density at radius 2 is 1.79 bits per heavy atom. The summed E-state index contributed by atoms with van der Waals surface area (Å²) in [4.78, 5) is 26.2. The minimum absolute atomic E-state index is 0.115. The second kappa shape index (κ2) is 9.47. The van der Waals surface area contributed by atoms with Crippen LogP contribution in [0.4, 0.5) is 14.9 Å². The number of thioether (sulfide) groups is 1. The summed E-state index contributed by atoms with van der Waals surface area (Å²) < 4.78 is 24.8. The summed E-state index contributed by atoms with van der Waals surface area (Å²) in [6, 6.07) is 11.4. The molecule has 0 bridgehead atoms. The second-order valence-electron chi connectivity index (χ2n) is 6.00. The summed E-state index contributed by atoms with van der Waals surface area (Å²) in [6.07, 6.45) is 1.63. The van der Waals surface area contributed by atoms with Crippen LogP contribution in [0.25, 0.3) is 6.08 Å². The van der Waals surface area contributed by atoms with Crippen LogP contribution in [0.1, 0.15) is 19.4 Å². The Labute approximate surface area is 172 Å². The van der Waals surface area contributed by atoms with Crippen molar-refractivity contribution >= 4 is 34.7 Å². The number of imide groups is 1. The van der Waals surface area contributed by atoms with Crippen LogP contribution < -0.4 is 14.8 Å². The van der Waals surface area contributed by atoms with Crippen molar-refractivity contribution in [2.45, 2.75) is 13.8 Å². The molecule has 8 heteroatoms. The highest BCUT2D eigenvalue weighted by molar-refractivity contribution is 8.18. The molecule has 0 aliphatic carbocycles. The Morgan fingerprint density at radius 3 is 2.52 bits per heavy atom.